The lowest BCUT2D eigenvalue weighted by molar-refractivity contribution is 0.00502. The maximum Gasteiger partial charge on any atom is 0.265 e. The first-order valence-electron chi connectivity index (χ1n) is 7.87. The van der Waals surface area contributed by atoms with Gasteiger partial charge in [0.25, 0.3) is 10.0 Å². The number of rotatable bonds is 5. The van der Waals surface area contributed by atoms with Gasteiger partial charge in [-0.1, -0.05) is 0 Å². The van der Waals surface area contributed by atoms with Crippen LogP contribution in [0.2, 0.25) is 0 Å². The van der Waals surface area contributed by atoms with Crippen molar-refractivity contribution in [2.45, 2.75) is 10.8 Å². The first kappa shape index (κ1) is 18.1. The first-order chi connectivity index (χ1) is 12.9. The van der Waals surface area contributed by atoms with Crippen molar-refractivity contribution >= 4 is 37.2 Å². The Hall–Kier alpha value is -2.24. The molecular formula is C16H14BrFN4O4S. The van der Waals surface area contributed by atoms with E-state index in [0.717, 1.165) is 10.5 Å². The Kier molecular flexibility index (Phi) is 4.52. The van der Waals surface area contributed by atoms with Gasteiger partial charge in [-0.3, -0.25) is 4.72 Å². The molecule has 3 aromatic rings. The zero-order valence-corrected chi connectivity index (χ0v) is 16.4. The van der Waals surface area contributed by atoms with Crippen LogP contribution in [0.4, 0.5) is 10.1 Å². The van der Waals surface area contributed by atoms with Crippen LogP contribution in [-0.4, -0.2) is 43.3 Å². The van der Waals surface area contributed by atoms with Gasteiger partial charge in [0.2, 0.25) is 5.88 Å². The SMILES string of the molecule is COc1nc(C2COC2)c(F)cc1NS(=O)(=O)c1cnn2cc(Br)ccc12. The number of nitrogens with zero attached hydrogens (tertiary/aromatic N) is 3. The van der Waals surface area contributed by atoms with Crippen LogP contribution < -0.4 is 9.46 Å². The van der Waals surface area contributed by atoms with Crippen LogP contribution in [0.15, 0.2) is 40.0 Å². The van der Waals surface area contributed by atoms with Gasteiger partial charge in [0.05, 0.1) is 43.6 Å². The van der Waals surface area contributed by atoms with Gasteiger partial charge in [-0.15, -0.1) is 0 Å². The number of halogens is 2. The lowest BCUT2D eigenvalue weighted by Crippen LogP contribution is -2.27. The largest absolute Gasteiger partial charge is 0.479 e. The Bertz CT molecular complexity index is 1130. The Morgan fingerprint density at radius 1 is 1.41 bits per heavy atom. The van der Waals surface area contributed by atoms with Gasteiger partial charge in [-0.25, -0.2) is 22.3 Å². The summed E-state index contributed by atoms with van der Waals surface area (Å²) in [4.78, 5) is 4.07. The van der Waals surface area contributed by atoms with Crippen LogP contribution in [0.3, 0.4) is 0 Å². The van der Waals surface area contributed by atoms with E-state index in [4.69, 9.17) is 9.47 Å². The van der Waals surface area contributed by atoms with E-state index < -0.39 is 15.8 Å². The van der Waals surface area contributed by atoms with Crippen LogP contribution in [0.25, 0.3) is 5.52 Å². The van der Waals surface area contributed by atoms with Gasteiger partial charge in [0, 0.05) is 16.7 Å². The zero-order valence-electron chi connectivity index (χ0n) is 14.0. The minimum absolute atomic E-state index is 0.0129. The average molecular weight is 457 g/mol. The molecule has 0 saturated carbocycles. The molecule has 0 aliphatic carbocycles. The highest BCUT2D eigenvalue weighted by molar-refractivity contribution is 9.10. The molecular weight excluding hydrogens is 443 g/mol. The quantitative estimate of drug-likeness (QED) is 0.633. The normalized spacial score (nSPS) is 14.9. The zero-order chi connectivity index (χ0) is 19.2. The van der Waals surface area contributed by atoms with E-state index in [-0.39, 0.29) is 28.1 Å². The lowest BCUT2D eigenvalue weighted by Gasteiger charge is -2.26. The van der Waals surface area contributed by atoms with Crippen molar-refractivity contribution in [3.05, 3.63) is 46.6 Å². The topological polar surface area (TPSA) is 94.8 Å². The molecule has 0 atom stereocenters. The van der Waals surface area contributed by atoms with E-state index in [1.807, 2.05) is 0 Å². The molecule has 4 heterocycles. The van der Waals surface area contributed by atoms with E-state index in [1.165, 1.54) is 17.8 Å². The summed E-state index contributed by atoms with van der Waals surface area (Å²) in [5, 5.41) is 4.04. The Labute approximate surface area is 162 Å². The summed E-state index contributed by atoms with van der Waals surface area (Å²) >= 11 is 3.30. The molecule has 1 aliphatic rings. The molecule has 11 heteroatoms. The van der Waals surface area contributed by atoms with E-state index in [1.54, 1.807) is 18.3 Å². The number of hydrogen-bond acceptors (Lipinski definition) is 6. The Morgan fingerprint density at radius 3 is 2.85 bits per heavy atom. The molecule has 1 N–H and O–H groups in total. The predicted octanol–water partition coefficient (Wildman–Crippen LogP) is 2.55. The number of sulfonamides is 1. The average Bonchev–Trinajstić information content (AvgIpc) is 2.99. The molecule has 0 bridgehead atoms. The highest BCUT2D eigenvalue weighted by Crippen LogP contribution is 2.32. The highest BCUT2D eigenvalue weighted by Gasteiger charge is 2.28. The first-order valence-corrected chi connectivity index (χ1v) is 10.1. The Morgan fingerprint density at radius 2 is 2.19 bits per heavy atom. The number of anilines is 1. The van der Waals surface area contributed by atoms with Crippen molar-refractivity contribution in [2.24, 2.45) is 0 Å². The van der Waals surface area contributed by atoms with E-state index >= 15 is 0 Å². The molecule has 8 nitrogen and oxygen atoms in total. The van der Waals surface area contributed by atoms with E-state index in [9.17, 15) is 12.8 Å². The number of nitrogens with one attached hydrogen (secondary N) is 1. The lowest BCUT2D eigenvalue weighted by atomic mass is 10.0. The van der Waals surface area contributed by atoms with E-state index in [0.29, 0.717) is 18.7 Å². The molecule has 0 radical (unpaired) electrons. The van der Waals surface area contributed by atoms with Crippen molar-refractivity contribution < 1.29 is 22.3 Å². The number of ether oxygens (including phenoxy) is 2. The second-order valence-corrected chi connectivity index (χ2v) is 8.50. The van der Waals surface area contributed by atoms with Gasteiger partial charge in [-0.2, -0.15) is 5.10 Å². The van der Waals surface area contributed by atoms with Crippen LogP contribution >= 0.6 is 15.9 Å². The van der Waals surface area contributed by atoms with E-state index in [2.05, 4.69) is 30.7 Å². The molecule has 27 heavy (non-hydrogen) atoms. The van der Waals surface area contributed by atoms with Crippen LogP contribution in [-0.2, 0) is 14.8 Å². The third-order valence-corrected chi connectivity index (χ3v) is 6.02. The standard InChI is InChI=1S/C16H14BrFN4O4S/c1-25-16-12(4-11(18)15(20-16)9-7-26-8-9)21-27(23,24)14-5-19-22-6-10(17)2-3-13(14)22/h2-6,9,21H,7-8H2,1H3. The maximum absolute atomic E-state index is 14.4. The minimum atomic E-state index is -4.04. The summed E-state index contributed by atoms with van der Waals surface area (Å²) in [6, 6.07) is 4.38. The summed E-state index contributed by atoms with van der Waals surface area (Å²) in [6.07, 6.45) is 2.85. The van der Waals surface area contributed by atoms with Gasteiger partial charge < -0.3 is 9.47 Å². The van der Waals surface area contributed by atoms with Crippen LogP contribution in [0.5, 0.6) is 5.88 Å². The molecule has 4 rings (SSSR count). The number of pyridine rings is 2. The van der Waals surface area contributed by atoms with Crippen molar-refractivity contribution in [2.75, 3.05) is 25.0 Å². The van der Waals surface area contributed by atoms with Gasteiger partial charge in [-0.05, 0) is 28.1 Å². The molecule has 0 amide bonds. The number of aromatic nitrogens is 3. The number of fused-ring (bicyclic) bond motifs is 1. The summed E-state index contributed by atoms with van der Waals surface area (Å²) in [5.41, 5.74) is 0.485. The number of hydrogen-bond donors (Lipinski definition) is 1. The third kappa shape index (κ3) is 3.26. The maximum atomic E-state index is 14.4. The second-order valence-electron chi connectivity index (χ2n) is 5.94. The van der Waals surface area contributed by atoms with Crippen molar-refractivity contribution in [3.63, 3.8) is 0 Å². The summed E-state index contributed by atoms with van der Waals surface area (Å²) in [7, 11) is -2.70. The van der Waals surface area contributed by atoms with Gasteiger partial charge >= 0.3 is 0 Å². The van der Waals surface area contributed by atoms with Crippen molar-refractivity contribution in [1.82, 2.24) is 14.6 Å². The fourth-order valence-corrected chi connectivity index (χ4v) is 4.23. The minimum Gasteiger partial charge on any atom is -0.479 e. The van der Waals surface area contributed by atoms with Gasteiger partial charge in [0.1, 0.15) is 16.4 Å². The Balaban J connectivity index is 1.72. The number of methoxy groups -OCH3 is 1. The molecule has 142 valence electrons. The fourth-order valence-electron chi connectivity index (χ4n) is 2.74. The van der Waals surface area contributed by atoms with Crippen LogP contribution in [0.1, 0.15) is 11.6 Å². The molecule has 1 fully saturated rings. The van der Waals surface area contributed by atoms with Crippen molar-refractivity contribution in [1.29, 1.82) is 0 Å². The third-order valence-electron chi connectivity index (χ3n) is 4.16. The summed E-state index contributed by atoms with van der Waals surface area (Å²) < 4.78 is 54.8. The highest BCUT2D eigenvalue weighted by atomic mass is 79.9. The molecule has 0 unspecified atom stereocenters. The summed E-state index contributed by atoms with van der Waals surface area (Å²) in [6.45, 7) is 0.742. The van der Waals surface area contributed by atoms with Crippen molar-refractivity contribution in [3.8, 4) is 5.88 Å². The predicted molar refractivity (Wildman–Crippen MR) is 98.0 cm³/mol. The van der Waals surface area contributed by atoms with Gasteiger partial charge in [0.15, 0.2) is 0 Å². The molecule has 1 aliphatic heterocycles. The molecule has 3 aromatic heterocycles. The summed E-state index contributed by atoms with van der Waals surface area (Å²) in [5.74, 6) is -0.797. The fraction of sp³-hybridized carbons (Fsp3) is 0.250. The monoisotopic (exact) mass is 456 g/mol. The second kappa shape index (κ2) is 6.73. The van der Waals surface area contributed by atoms with Crippen LogP contribution in [0, 0.1) is 5.82 Å². The molecule has 0 spiro atoms. The smallest absolute Gasteiger partial charge is 0.265 e. The molecule has 1 saturated heterocycles. The molecule has 0 aromatic carbocycles.